The Kier molecular flexibility index (Phi) is 10.1. The zero-order valence-corrected chi connectivity index (χ0v) is 24.3. The molecule has 0 radical (unpaired) electrons. The highest BCUT2D eigenvalue weighted by molar-refractivity contribution is 6.06. The summed E-state index contributed by atoms with van der Waals surface area (Å²) < 4.78 is 1.51. The van der Waals surface area contributed by atoms with Gasteiger partial charge in [0.15, 0.2) is 5.82 Å². The number of aromatic nitrogens is 2. The molecule has 0 aliphatic rings. The number of carbonyl (C=O) groups excluding carboxylic acids is 1. The molecule has 1 aromatic heterocycles. The van der Waals surface area contributed by atoms with Gasteiger partial charge in [0.05, 0.1) is 12.3 Å². The average Bonchev–Trinajstić information content (AvgIpc) is 2.96. The van der Waals surface area contributed by atoms with Crippen LogP contribution in [0.5, 0.6) is 0 Å². The molecule has 0 fully saturated rings. The predicted octanol–water partition coefficient (Wildman–Crippen LogP) is 5.52. The SMILES string of the molecule is CCCCc1ccccc1C(=O)Nc1cccc(-c2cn(C)c(=O)c(Nc3cccc(CN(C)CCO)c3)n2)c1C. The fourth-order valence-corrected chi connectivity index (χ4v) is 4.83. The first-order valence-corrected chi connectivity index (χ1v) is 14.0. The Morgan fingerprint density at radius 1 is 1.07 bits per heavy atom. The van der Waals surface area contributed by atoms with E-state index in [9.17, 15) is 14.7 Å². The van der Waals surface area contributed by atoms with Crippen LogP contribution in [0.3, 0.4) is 0 Å². The first-order valence-electron chi connectivity index (χ1n) is 14.0. The third-order valence-electron chi connectivity index (χ3n) is 7.11. The number of aliphatic hydroxyl groups excluding tert-OH is 1. The normalized spacial score (nSPS) is 11.1. The number of benzene rings is 3. The van der Waals surface area contributed by atoms with Gasteiger partial charge in [0.1, 0.15) is 0 Å². The molecule has 214 valence electrons. The number of likely N-dealkylation sites (N-methyl/N-ethyl adjacent to an activating group) is 1. The van der Waals surface area contributed by atoms with Crippen molar-refractivity contribution in [3.63, 3.8) is 0 Å². The highest BCUT2D eigenvalue weighted by atomic mass is 16.3. The van der Waals surface area contributed by atoms with Crippen LogP contribution >= 0.6 is 0 Å². The number of nitrogens with one attached hydrogen (secondary N) is 2. The second kappa shape index (κ2) is 13.9. The molecule has 0 spiro atoms. The molecule has 0 unspecified atom stereocenters. The van der Waals surface area contributed by atoms with Crippen LogP contribution < -0.4 is 16.2 Å². The highest BCUT2D eigenvalue weighted by Crippen LogP contribution is 2.28. The summed E-state index contributed by atoms with van der Waals surface area (Å²) in [6.07, 6.45) is 4.66. The Morgan fingerprint density at radius 3 is 2.63 bits per heavy atom. The van der Waals surface area contributed by atoms with E-state index in [0.717, 1.165) is 47.2 Å². The predicted molar refractivity (Wildman–Crippen MR) is 166 cm³/mol. The summed E-state index contributed by atoms with van der Waals surface area (Å²) in [5.74, 6) is 0.0711. The first-order chi connectivity index (χ1) is 19.8. The summed E-state index contributed by atoms with van der Waals surface area (Å²) in [4.78, 5) is 33.0. The van der Waals surface area contributed by atoms with Crippen LogP contribution in [0.15, 0.2) is 77.7 Å². The lowest BCUT2D eigenvalue weighted by atomic mass is 10.0. The number of hydrogen-bond donors (Lipinski definition) is 3. The number of anilines is 3. The molecule has 0 saturated heterocycles. The molecule has 3 aromatic carbocycles. The van der Waals surface area contributed by atoms with Crippen molar-refractivity contribution in [3.05, 3.63) is 106 Å². The molecule has 4 aromatic rings. The molecular weight excluding hydrogens is 514 g/mol. The molecule has 41 heavy (non-hydrogen) atoms. The number of aliphatic hydroxyl groups is 1. The molecule has 0 atom stereocenters. The summed E-state index contributed by atoms with van der Waals surface area (Å²) in [5, 5.41) is 15.5. The molecule has 1 amide bonds. The van der Waals surface area contributed by atoms with E-state index >= 15 is 0 Å². The van der Waals surface area contributed by atoms with Crippen molar-refractivity contribution in [2.45, 2.75) is 39.7 Å². The number of amides is 1. The molecular formula is C33H39N5O3. The molecule has 0 saturated carbocycles. The van der Waals surface area contributed by atoms with Crippen molar-refractivity contribution in [1.29, 1.82) is 0 Å². The van der Waals surface area contributed by atoms with E-state index in [-0.39, 0.29) is 23.9 Å². The number of hydrogen-bond acceptors (Lipinski definition) is 6. The second-order valence-electron chi connectivity index (χ2n) is 10.4. The maximum absolute atomic E-state index is 13.3. The Bertz CT molecular complexity index is 1560. The molecule has 0 bridgehead atoms. The molecule has 8 heteroatoms. The third-order valence-corrected chi connectivity index (χ3v) is 7.11. The first kappa shape index (κ1) is 29.7. The van der Waals surface area contributed by atoms with Crippen LogP contribution in [0, 0.1) is 6.92 Å². The van der Waals surface area contributed by atoms with Crippen molar-refractivity contribution in [2.24, 2.45) is 7.05 Å². The van der Waals surface area contributed by atoms with Crippen molar-refractivity contribution < 1.29 is 9.90 Å². The van der Waals surface area contributed by atoms with Gasteiger partial charge in [-0.1, -0.05) is 55.8 Å². The maximum atomic E-state index is 13.3. The van der Waals surface area contributed by atoms with E-state index in [2.05, 4.69) is 17.6 Å². The largest absolute Gasteiger partial charge is 0.395 e. The fraction of sp³-hybridized carbons (Fsp3) is 0.303. The summed E-state index contributed by atoms with van der Waals surface area (Å²) in [7, 11) is 3.65. The minimum Gasteiger partial charge on any atom is -0.395 e. The Morgan fingerprint density at radius 2 is 1.85 bits per heavy atom. The van der Waals surface area contributed by atoms with Crippen LogP contribution in [0.2, 0.25) is 0 Å². The van der Waals surface area contributed by atoms with Gasteiger partial charge in [0.25, 0.3) is 11.5 Å². The lowest BCUT2D eigenvalue weighted by molar-refractivity contribution is 0.102. The molecule has 3 N–H and O–H groups in total. The fourth-order valence-electron chi connectivity index (χ4n) is 4.83. The molecule has 8 nitrogen and oxygen atoms in total. The summed E-state index contributed by atoms with van der Waals surface area (Å²) in [6.45, 7) is 5.43. The summed E-state index contributed by atoms with van der Waals surface area (Å²) in [6, 6.07) is 21.2. The van der Waals surface area contributed by atoms with E-state index < -0.39 is 0 Å². The van der Waals surface area contributed by atoms with Gasteiger partial charge in [-0.25, -0.2) is 4.98 Å². The van der Waals surface area contributed by atoms with E-state index in [1.807, 2.05) is 85.6 Å². The van der Waals surface area contributed by atoms with Gasteiger partial charge in [0.2, 0.25) is 0 Å². The Labute approximate surface area is 241 Å². The van der Waals surface area contributed by atoms with Gasteiger partial charge in [-0.2, -0.15) is 0 Å². The van der Waals surface area contributed by atoms with Gasteiger partial charge < -0.3 is 20.3 Å². The average molecular weight is 554 g/mol. The zero-order chi connectivity index (χ0) is 29.4. The summed E-state index contributed by atoms with van der Waals surface area (Å²) >= 11 is 0. The van der Waals surface area contributed by atoms with E-state index in [4.69, 9.17) is 4.98 Å². The smallest absolute Gasteiger partial charge is 0.293 e. The van der Waals surface area contributed by atoms with Crippen molar-refractivity contribution in [1.82, 2.24) is 14.5 Å². The van der Waals surface area contributed by atoms with Crippen molar-refractivity contribution in [2.75, 3.05) is 30.8 Å². The number of carbonyl (C=O) groups is 1. The quantitative estimate of drug-likeness (QED) is 0.214. The molecule has 0 aliphatic carbocycles. The minimum absolute atomic E-state index is 0.0950. The van der Waals surface area contributed by atoms with Crippen molar-refractivity contribution in [3.8, 4) is 11.3 Å². The standard InChI is InChI=1S/C33H39N5O3/c1-5-6-12-25-13-7-8-15-28(25)32(40)36-29-17-10-16-27(23(29)2)30-22-38(4)33(41)31(35-30)34-26-14-9-11-24(20-26)21-37(3)18-19-39/h7-11,13-17,20,22,39H,5-6,12,18-19,21H2,1-4H3,(H,34,35)(H,36,40). The van der Waals surface area contributed by atoms with Crippen LogP contribution in [-0.4, -0.2) is 45.7 Å². The lowest BCUT2D eigenvalue weighted by Gasteiger charge is -2.16. The van der Waals surface area contributed by atoms with Gasteiger partial charge in [-0.15, -0.1) is 0 Å². The van der Waals surface area contributed by atoms with E-state index in [1.165, 1.54) is 4.57 Å². The van der Waals surface area contributed by atoms with Crippen LogP contribution in [0.1, 0.15) is 46.8 Å². The summed E-state index contributed by atoms with van der Waals surface area (Å²) in [5.41, 5.74) is 6.27. The third kappa shape index (κ3) is 7.48. The van der Waals surface area contributed by atoms with Gasteiger partial charge in [0, 0.05) is 48.8 Å². The molecule has 0 aliphatic heterocycles. The maximum Gasteiger partial charge on any atom is 0.293 e. The second-order valence-corrected chi connectivity index (χ2v) is 10.4. The van der Waals surface area contributed by atoms with Crippen LogP contribution in [-0.2, 0) is 20.0 Å². The number of rotatable bonds is 12. The van der Waals surface area contributed by atoms with Gasteiger partial charge in [-0.05, 0) is 67.8 Å². The van der Waals surface area contributed by atoms with E-state index in [1.54, 1.807) is 13.2 Å². The lowest BCUT2D eigenvalue weighted by Crippen LogP contribution is -2.22. The van der Waals surface area contributed by atoms with Crippen molar-refractivity contribution >= 4 is 23.1 Å². The zero-order valence-electron chi connectivity index (χ0n) is 24.3. The number of unbranched alkanes of at least 4 members (excludes halogenated alkanes) is 1. The monoisotopic (exact) mass is 553 g/mol. The van der Waals surface area contributed by atoms with Gasteiger partial charge >= 0.3 is 0 Å². The Hall–Kier alpha value is -4.27. The van der Waals surface area contributed by atoms with Gasteiger partial charge in [-0.3, -0.25) is 14.5 Å². The van der Waals surface area contributed by atoms with Crippen LogP contribution in [0.4, 0.5) is 17.2 Å². The Balaban J connectivity index is 1.60. The van der Waals surface area contributed by atoms with E-state index in [0.29, 0.717) is 30.0 Å². The molecule has 4 rings (SSSR count). The topological polar surface area (TPSA) is 99.5 Å². The number of aryl methyl sites for hydroxylation is 2. The minimum atomic E-state index is -0.248. The highest BCUT2D eigenvalue weighted by Gasteiger charge is 2.16. The van der Waals surface area contributed by atoms with Crippen LogP contribution in [0.25, 0.3) is 11.3 Å². The number of nitrogens with zero attached hydrogens (tertiary/aromatic N) is 3. The molecule has 1 heterocycles.